The van der Waals surface area contributed by atoms with Crippen LogP contribution in [0.1, 0.15) is 0 Å². The van der Waals surface area contributed by atoms with Gasteiger partial charge in [0.1, 0.15) is 5.82 Å². The maximum Gasteiger partial charge on any atom is 0.269 e. The molecule has 1 aliphatic heterocycles. The predicted octanol–water partition coefficient (Wildman–Crippen LogP) is 3.88. The SMILES string of the molecule is O=[N+]([O-])c1ccc(F)cc1.O=[N+]([O-])c1ccc(N2CCSCC2)cc1. The van der Waals surface area contributed by atoms with Gasteiger partial charge in [0.2, 0.25) is 0 Å². The molecule has 9 heteroatoms. The van der Waals surface area contributed by atoms with Crippen LogP contribution in [0, 0.1) is 26.0 Å². The molecule has 0 unspecified atom stereocenters. The summed E-state index contributed by atoms with van der Waals surface area (Å²) in [6.45, 7) is 2.06. The van der Waals surface area contributed by atoms with E-state index in [0.29, 0.717) is 0 Å². The number of nitro groups is 2. The van der Waals surface area contributed by atoms with Gasteiger partial charge >= 0.3 is 0 Å². The fraction of sp³-hybridized carbons (Fsp3) is 0.250. The zero-order valence-electron chi connectivity index (χ0n) is 13.2. The van der Waals surface area contributed by atoms with Crippen molar-refractivity contribution in [2.45, 2.75) is 0 Å². The number of halogens is 1. The Morgan fingerprint density at radius 2 is 1.28 bits per heavy atom. The van der Waals surface area contributed by atoms with E-state index in [0.717, 1.165) is 54.5 Å². The summed E-state index contributed by atoms with van der Waals surface area (Å²) in [6.07, 6.45) is 0. The van der Waals surface area contributed by atoms with Crippen LogP contribution in [0.4, 0.5) is 21.5 Å². The third-order valence-electron chi connectivity index (χ3n) is 3.47. The van der Waals surface area contributed by atoms with Crippen molar-refractivity contribution in [2.75, 3.05) is 29.5 Å². The number of benzene rings is 2. The third kappa shape index (κ3) is 5.71. The Hall–Kier alpha value is -2.68. The lowest BCUT2D eigenvalue weighted by molar-refractivity contribution is -0.385. The molecular weight excluding hydrogens is 349 g/mol. The zero-order valence-corrected chi connectivity index (χ0v) is 14.0. The Balaban J connectivity index is 0.000000196. The molecule has 0 radical (unpaired) electrons. The van der Waals surface area contributed by atoms with Gasteiger partial charge in [-0.2, -0.15) is 11.8 Å². The first-order chi connectivity index (χ1) is 12.0. The first-order valence-electron chi connectivity index (χ1n) is 7.44. The van der Waals surface area contributed by atoms with Crippen LogP contribution in [-0.4, -0.2) is 34.4 Å². The molecule has 7 nitrogen and oxygen atoms in total. The summed E-state index contributed by atoms with van der Waals surface area (Å²) in [5.74, 6) is 1.80. The number of hydrogen-bond acceptors (Lipinski definition) is 6. The predicted molar refractivity (Wildman–Crippen MR) is 95.7 cm³/mol. The molecule has 132 valence electrons. The van der Waals surface area contributed by atoms with Crippen LogP contribution in [0.5, 0.6) is 0 Å². The molecule has 1 saturated heterocycles. The number of anilines is 1. The summed E-state index contributed by atoms with van der Waals surface area (Å²) in [6, 6.07) is 11.1. The normalized spacial score (nSPS) is 13.6. The number of thioether (sulfide) groups is 1. The lowest BCUT2D eigenvalue weighted by Gasteiger charge is -2.28. The van der Waals surface area contributed by atoms with E-state index in [9.17, 15) is 24.6 Å². The van der Waals surface area contributed by atoms with Gasteiger partial charge in [-0.05, 0) is 24.3 Å². The maximum atomic E-state index is 12.1. The Labute approximate surface area is 147 Å². The van der Waals surface area contributed by atoms with E-state index in [4.69, 9.17) is 0 Å². The highest BCUT2D eigenvalue weighted by Crippen LogP contribution is 2.22. The van der Waals surface area contributed by atoms with Gasteiger partial charge in [0.25, 0.3) is 11.4 Å². The summed E-state index contributed by atoms with van der Waals surface area (Å²) < 4.78 is 12.1. The van der Waals surface area contributed by atoms with E-state index < -0.39 is 10.7 Å². The van der Waals surface area contributed by atoms with Crippen molar-refractivity contribution in [3.05, 3.63) is 74.6 Å². The fourth-order valence-electron chi connectivity index (χ4n) is 2.17. The monoisotopic (exact) mass is 365 g/mol. The van der Waals surface area contributed by atoms with Gasteiger partial charge in [-0.3, -0.25) is 20.2 Å². The van der Waals surface area contributed by atoms with Crippen molar-refractivity contribution in [3.8, 4) is 0 Å². The second kappa shape index (κ2) is 8.97. The second-order valence-corrected chi connectivity index (χ2v) is 6.33. The summed E-state index contributed by atoms with van der Waals surface area (Å²) >= 11 is 1.95. The highest BCUT2D eigenvalue weighted by molar-refractivity contribution is 7.99. The van der Waals surface area contributed by atoms with E-state index in [1.165, 1.54) is 0 Å². The lowest BCUT2D eigenvalue weighted by atomic mass is 10.2. The van der Waals surface area contributed by atoms with Gasteiger partial charge in [-0.1, -0.05) is 0 Å². The third-order valence-corrected chi connectivity index (χ3v) is 4.42. The van der Waals surface area contributed by atoms with E-state index in [1.807, 2.05) is 23.9 Å². The molecule has 0 spiro atoms. The molecule has 0 saturated carbocycles. The molecule has 1 aliphatic rings. The van der Waals surface area contributed by atoms with Crippen molar-refractivity contribution < 1.29 is 14.2 Å². The lowest BCUT2D eigenvalue weighted by Crippen LogP contribution is -2.32. The molecule has 2 aromatic carbocycles. The molecule has 0 aromatic heterocycles. The maximum absolute atomic E-state index is 12.1. The summed E-state index contributed by atoms with van der Waals surface area (Å²) in [4.78, 5) is 21.8. The highest BCUT2D eigenvalue weighted by Gasteiger charge is 2.12. The Kier molecular flexibility index (Phi) is 6.70. The minimum absolute atomic E-state index is 0.0959. The van der Waals surface area contributed by atoms with Crippen LogP contribution in [0.25, 0.3) is 0 Å². The molecular formula is C16H16FN3O4S. The molecule has 1 fully saturated rings. The quantitative estimate of drug-likeness (QED) is 0.606. The number of hydrogen-bond donors (Lipinski definition) is 0. The highest BCUT2D eigenvalue weighted by atomic mass is 32.2. The molecule has 0 amide bonds. The molecule has 0 N–H and O–H groups in total. The average molecular weight is 365 g/mol. The van der Waals surface area contributed by atoms with Crippen molar-refractivity contribution in [2.24, 2.45) is 0 Å². The summed E-state index contributed by atoms with van der Waals surface area (Å²) in [7, 11) is 0. The summed E-state index contributed by atoms with van der Waals surface area (Å²) in [5, 5.41) is 20.5. The molecule has 1 heterocycles. The number of nitro benzene ring substituents is 2. The Morgan fingerprint density at radius 1 is 0.840 bits per heavy atom. The smallest absolute Gasteiger partial charge is 0.269 e. The van der Waals surface area contributed by atoms with Crippen molar-refractivity contribution >= 4 is 28.8 Å². The zero-order chi connectivity index (χ0) is 18.2. The molecule has 0 bridgehead atoms. The average Bonchev–Trinajstić information content (AvgIpc) is 2.63. The topological polar surface area (TPSA) is 89.5 Å². The minimum atomic E-state index is -0.570. The van der Waals surface area contributed by atoms with Crippen molar-refractivity contribution in [1.29, 1.82) is 0 Å². The van der Waals surface area contributed by atoms with Crippen LogP contribution in [0.2, 0.25) is 0 Å². The molecule has 0 aliphatic carbocycles. The second-order valence-electron chi connectivity index (χ2n) is 5.11. The molecule has 0 atom stereocenters. The van der Waals surface area contributed by atoms with Gasteiger partial charge in [-0.25, -0.2) is 4.39 Å². The summed E-state index contributed by atoms with van der Waals surface area (Å²) in [5.41, 5.74) is 1.15. The van der Waals surface area contributed by atoms with Gasteiger partial charge < -0.3 is 4.90 Å². The van der Waals surface area contributed by atoms with Crippen LogP contribution in [-0.2, 0) is 0 Å². The van der Waals surface area contributed by atoms with Crippen LogP contribution in [0.3, 0.4) is 0 Å². The number of non-ortho nitro benzene ring substituents is 2. The first-order valence-corrected chi connectivity index (χ1v) is 8.60. The Morgan fingerprint density at radius 3 is 1.72 bits per heavy atom. The standard InChI is InChI=1S/C10H12N2O2S.C6H4FNO2/c13-12(14)10-3-1-9(2-4-10)11-5-7-15-8-6-11;7-5-1-3-6(4-2-5)8(9)10/h1-4H,5-8H2;1-4H. The molecule has 2 aromatic rings. The molecule has 25 heavy (non-hydrogen) atoms. The van der Waals surface area contributed by atoms with E-state index in [-0.39, 0.29) is 16.3 Å². The van der Waals surface area contributed by atoms with Gasteiger partial charge in [0.05, 0.1) is 9.85 Å². The first kappa shape index (κ1) is 18.7. The number of nitrogens with zero attached hydrogens (tertiary/aromatic N) is 3. The van der Waals surface area contributed by atoms with Gasteiger partial charge in [-0.15, -0.1) is 0 Å². The van der Waals surface area contributed by atoms with E-state index in [2.05, 4.69) is 4.90 Å². The van der Waals surface area contributed by atoms with Gasteiger partial charge in [0, 0.05) is 54.5 Å². The van der Waals surface area contributed by atoms with Gasteiger partial charge in [0.15, 0.2) is 0 Å². The van der Waals surface area contributed by atoms with Crippen LogP contribution < -0.4 is 4.90 Å². The van der Waals surface area contributed by atoms with Crippen LogP contribution >= 0.6 is 11.8 Å². The minimum Gasteiger partial charge on any atom is -0.370 e. The van der Waals surface area contributed by atoms with E-state index in [1.54, 1.807) is 12.1 Å². The largest absolute Gasteiger partial charge is 0.370 e. The van der Waals surface area contributed by atoms with Crippen molar-refractivity contribution in [3.63, 3.8) is 0 Å². The van der Waals surface area contributed by atoms with E-state index >= 15 is 0 Å². The Bertz CT molecular complexity index is 719. The fourth-order valence-corrected chi connectivity index (χ4v) is 3.07. The number of rotatable bonds is 3. The molecule has 3 rings (SSSR count). The van der Waals surface area contributed by atoms with Crippen LogP contribution in [0.15, 0.2) is 48.5 Å². The van der Waals surface area contributed by atoms with Crippen molar-refractivity contribution in [1.82, 2.24) is 0 Å².